The fourth-order valence-corrected chi connectivity index (χ4v) is 6.35. The topological polar surface area (TPSA) is 65.0 Å². The Morgan fingerprint density at radius 3 is 2.03 bits per heavy atom. The highest BCUT2D eigenvalue weighted by atomic mass is 28.3. The van der Waals surface area contributed by atoms with E-state index in [2.05, 4.69) is 19.6 Å². The van der Waals surface area contributed by atoms with E-state index in [1.54, 1.807) is 0 Å². The van der Waals surface area contributed by atoms with Gasteiger partial charge in [-0.2, -0.15) is 0 Å². The van der Waals surface area contributed by atoms with Crippen LogP contribution in [0, 0.1) is 5.92 Å². The molecule has 0 radical (unpaired) electrons. The number of ether oxygens (including phenoxy) is 3. The number of esters is 1. The maximum atomic E-state index is 12.3. The molecule has 1 heterocycles. The normalized spacial score (nSPS) is 18.8. The lowest BCUT2D eigenvalue weighted by Gasteiger charge is -2.27. The van der Waals surface area contributed by atoms with Gasteiger partial charge in [0.05, 0.1) is 18.6 Å². The van der Waals surface area contributed by atoms with Crippen LogP contribution in [0.25, 0.3) is 0 Å². The van der Waals surface area contributed by atoms with Gasteiger partial charge < -0.3 is 19.3 Å². The van der Waals surface area contributed by atoms with Crippen LogP contribution in [0.2, 0.25) is 25.7 Å². The molecular formula is C27H54O5Si. The predicted octanol–water partition coefficient (Wildman–Crippen LogP) is 7.09. The van der Waals surface area contributed by atoms with Crippen molar-refractivity contribution >= 4 is 14.0 Å². The Hall–Kier alpha value is -0.433. The van der Waals surface area contributed by atoms with E-state index in [1.807, 2.05) is 6.92 Å². The van der Waals surface area contributed by atoms with Crippen molar-refractivity contribution in [3.63, 3.8) is 0 Å². The first kappa shape index (κ1) is 30.6. The summed E-state index contributed by atoms with van der Waals surface area (Å²) < 4.78 is 16.6. The van der Waals surface area contributed by atoms with Gasteiger partial charge in [0.15, 0.2) is 6.29 Å². The summed E-state index contributed by atoms with van der Waals surface area (Å²) in [6, 6.07) is 0.801. The Morgan fingerprint density at radius 2 is 1.52 bits per heavy atom. The molecule has 0 aromatic heterocycles. The minimum atomic E-state index is -1.44. The fourth-order valence-electron chi connectivity index (χ4n) is 4.59. The average molecular weight is 487 g/mol. The van der Waals surface area contributed by atoms with Crippen molar-refractivity contribution < 1.29 is 24.1 Å². The Bertz CT molecular complexity index is 474. The second kappa shape index (κ2) is 18.8. The lowest BCUT2D eigenvalue weighted by Crippen LogP contribution is -2.36. The lowest BCUT2D eigenvalue weighted by molar-refractivity contribution is -0.162. The molecule has 3 unspecified atom stereocenters. The third-order valence-electron chi connectivity index (χ3n) is 6.47. The summed E-state index contributed by atoms with van der Waals surface area (Å²) in [6.45, 7) is 10.7. The van der Waals surface area contributed by atoms with Crippen LogP contribution >= 0.6 is 0 Å². The van der Waals surface area contributed by atoms with Crippen molar-refractivity contribution in [2.75, 3.05) is 19.8 Å². The van der Waals surface area contributed by atoms with Gasteiger partial charge in [0, 0.05) is 21.3 Å². The molecule has 0 aromatic carbocycles. The van der Waals surface area contributed by atoms with Crippen LogP contribution in [-0.4, -0.2) is 51.4 Å². The van der Waals surface area contributed by atoms with Crippen molar-refractivity contribution in [3.05, 3.63) is 0 Å². The SMILES string of the molecule is CCOC(=O)C(C[Si](C)(C)C)C(O)CCCCCCCCCCCCCOC1CCCCO1. The highest BCUT2D eigenvalue weighted by molar-refractivity contribution is 6.76. The number of aliphatic hydroxyl groups excluding tert-OH is 1. The summed E-state index contributed by atoms with van der Waals surface area (Å²) in [5, 5.41) is 10.6. The monoisotopic (exact) mass is 486 g/mol. The molecule has 1 saturated heterocycles. The van der Waals surface area contributed by atoms with Gasteiger partial charge in [-0.25, -0.2) is 0 Å². The molecule has 1 aliphatic heterocycles. The molecule has 0 aliphatic carbocycles. The zero-order chi connectivity index (χ0) is 24.4. The van der Waals surface area contributed by atoms with Crippen LogP contribution in [0.1, 0.15) is 103 Å². The summed E-state index contributed by atoms with van der Waals surface area (Å²) in [7, 11) is -1.44. The van der Waals surface area contributed by atoms with E-state index in [0.29, 0.717) is 13.0 Å². The van der Waals surface area contributed by atoms with Gasteiger partial charge in [-0.3, -0.25) is 4.79 Å². The lowest BCUT2D eigenvalue weighted by atomic mass is 9.98. The van der Waals surface area contributed by atoms with Crippen molar-refractivity contribution in [2.45, 2.75) is 141 Å². The molecule has 1 N–H and O–H groups in total. The Kier molecular flexibility index (Phi) is 17.5. The maximum Gasteiger partial charge on any atom is 0.311 e. The van der Waals surface area contributed by atoms with Crippen LogP contribution in [0.15, 0.2) is 0 Å². The number of unbranched alkanes of at least 4 members (excludes halogenated alkanes) is 10. The molecule has 0 amide bonds. The van der Waals surface area contributed by atoms with Gasteiger partial charge >= 0.3 is 5.97 Å². The summed E-state index contributed by atoms with van der Waals surface area (Å²) in [5.41, 5.74) is 0. The fraction of sp³-hybridized carbons (Fsp3) is 0.963. The van der Waals surface area contributed by atoms with Gasteiger partial charge in [-0.15, -0.1) is 0 Å². The van der Waals surface area contributed by atoms with Gasteiger partial charge in [0.1, 0.15) is 0 Å². The molecule has 0 spiro atoms. The predicted molar refractivity (Wildman–Crippen MR) is 139 cm³/mol. The summed E-state index contributed by atoms with van der Waals surface area (Å²) in [4.78, 5) is 12.3. The molecule has 0 aromatic rings. The third-order valence-corrected chi connectivity index (χ3v) is 8.14. The van der Waals surface area contributed by atoms with Crippen LogP contribution < -0.4 is 0 Å². The Balaban J connectivity index is 1.94. The van der Waals surface area contributed by atoms with Crippen molar-refractivity contribution in [3.8, 4) is 0 Å². The largest absolute Gasteiger partial charge is 0.466 e. The second-order valence-corrected chi connectivity index (χ2v) is 16.6. The molecule has 196 valence electrons. The molecule has 6 heteroatoms. The molecule has 0 bridgehead atoms. The molecule has 3 atom stereocenters. The maximum absolute atomic E-state index is 12.3. The molecule has 5 nitrogen and oxygen atoms in total. The number of rotatable bonds is 20. The third kappa shape index (κ3) is 16.8. The van der Waals surface area contributed by atoms with Crippen molar-refractivity contribution in [2.24, 2.45) is 5.92 Å². The summed E-state index contributed by atoms with van der Waals surface area (Å²) in [5.74, 6) is -0.554. The average Bonchev–Trinajstić information content (AvgIpc) is 2.77. The van der Waals surface area contributed by atoms with E-state index in [0.717, 1.165) is 44.9 Å². The van der Waals surface area contributed by atoms with E-state index in [9.17, 15) is 9.90 Å². The van der Waals surface area contributed by atoms with E-state index >= 15 is 0 Å². The van der Waals surface area contributed by atoms with Gasteiger partial charge in [0.25, 0.3) is 0 Å². The molecular weight excluding hydrogens is 432 g/mol. The van der Waals surface area contributed by atoms with Crippen LogP contribution in [0.5, 0.6) is 0 Å². The first-order valence-corrected chi connectivity index (χ1v) is 17.6. The second-order valence-electron chi connectivity index (χ2n) is 11.0. The summed E-state index contributed by atoms with van der Waals surface area (Å²) in [6.07, 6.45) is 17.4. The highest BCUT2D eigenvalue weighted by Gasteiger charge is 2.32. The van der Waals surface area contributed by atoms with Crippen molar-refractivity contribution in [1.82, 2.24) is 0 Å². The molecule has 0 saturated carbocycles. The van der Waals surface area contributed by atoms with E-state index in [-0.39, 0.29) is 18.2 Å². The summed E-state index contributed by atoms with van der Waals surface area (Å²) >= 11 is 0. The van der Waals surface area contributed by atoms with E-state index in [4.69, 9.17) is 14.2 Å². The van der Waals surface area contributed by atoms with Crippen molar-refractivity contribution in [1.29, 1.82) is 0 Å². The number of hydrogen-bond acceptors (Lipinski definition) is 5. The minimum absolute atomic E-state index is 0.0613. The number of carbonyl (C=O) groups excluding carboxylic acids is 1. The zero-order valence-electron chi connectivity index (χ0n) is 22.2. The molecule has 1 aliphatic rings. The highest BCUT2D eigenvalue weighted by Crippen LogP contribution is 2.25. The molecule has 1 rings (SSSR count). The first-order valence-electron chi connectivity index (χ1n) is 13.9. The number of hydrogen-bond donors (Lipinski definition) is 1. The van der Waals surface area contributed by atoms with E-state index < -0.39 is 14.2 Å². The van der Waals surface area contributed by atoms with Crippen LogP contribution in [-0.2, 0) is 19.0 Å². The van der Waals surface area contributed by atoms with Gasteiger partial charge in [-0.1, -0.05) is 83.8 Å². The standard InChI is InChI=1S/C27H54O5Si/c1-5-30-27(29)24(23-33(2,3)4)25(28)19-15-13-11-9-7-6-8-10-12-14-17-21-31-26-20-16-18-22-32-26/h24-26,28H,5-23H2,1-4H3. The van der Waals surface area contributed by atoms with Crippen LogP contribution in [0.3, 0.4) is 0 Å². The van der Waals surface area contributed by atoms with Crippen LogP contribution in [0.4, 0.5) is 0 Å². The molecule has 33 heavy (non-hydrogen) atoms. The quantitative estimate of drug-likeness (QED) is 0.113. The van der Waals surface area contributed by atoms with E-state index in [1.165, 1.54) is 64.2 Å². The first-order chi connectivity index (χ1) is 15.8. The van der Waals surface area contributed by atoms with Gasteiger partial charge in [-0.05, 0) is 45.1 Å². The smallest absolute Gasteiger partial charge is 0.311 e. The van der Waals surface area contributed by atoms with Gasteiger partial charge in [0.2, 0.25) is 0 Å². The number of carbonyl (C=O) groups is 1. The minimum Gasteiger partial charge on any atom is -0.466 e. The molecule has 1 fully saturated rings. The Morgan fingerprint density at radius 1 is 0.939 bits per heavy atom. The Labute approximate surface area is 205 Å². The zero-order valence-corrected chi connectivity index (χ0v) is 23.2. The number of aliphatic hydroxyl groups is 1.